The number of aromatic nitrogens is 3. The second-order valence-electron chi connectivity index (χ2n) is 23.1. The van der Waals surface area contributed by atoms with Gasteiger partial charge in [-0.3, -0.25) is 9.69 Å². The van der Waals surface area contributed by atoms with Gasteiger partial charge >= 0.3 is 12.1 Å². The highest BCUT2D eigenvalue weighted by Gasteiger charge is 2.55. The van der Waals surface area contributed by atoms with Crippen molar-refractivity contribution in [3.05, 3.63) is 35.9 Å². The number of methoxy groups -OCH3 is 1. The van der Waals surface area contributed by atoms with Gasteiger partial charge in [-0.25, -0.2) is 13.9 Å². The maximum Gasteiger partial charge on any atom is 0.414 e. The van der Waals surface area contributed by atoms with Crippen LogP contribution in [0.4, 0.5) is 20.6 Å². The summed E-state index contributed by atoms with van der Waals surface area (Å²) in [5.74, 6) is -3.70. The molecule has 1 unspecified atom stereocenters. The van der Waals surface area contributed by atoms with Gasteiger partial charge in [-0.1, -0.05) is 32.9 Å². The van der Waals surface area contributed by atoms with Crippen LogP contribution in [-0.4, -0.2) is 207 Å². The van der Waals surface area contributed by atoms with E-state index in [1.807, 2.05) is 44.7 Å². The number of ether oxygens (including phenoxy) is 6. The maximum absolute atomic E-state index is 14.8. The van der Waals surface area contributed by atoms with Crippen LogP contribution in [0.1, 0.15) is 101 Å². The normalized spacial score (nSPS) is 40.4. The van der Waals surface area contributed by atoms with Gasteiger partial charge in [-0.15, -0.1) is 5.10 Å². The SMILES string of the molecule is CC[C@H]1OC(=O)[C@H](C)[C@@H](C2C[C@@](C)(OC)[C@@H](O)[C@H](C)O2)[C@H](C)[C@@H](O[C@@H]2O[C@H](C)C[C@H](N(C)CCc3cn(C[C@H]4CN(c5ccc(N(C)C)c(F)c5)C(=O)O4)nn3)[C@H]2O)[C@](C)(O)C[C@@H](C)CN(C)[C@H](C)[C@@H](O)[C@]1(C)O. The molecule has 0 radical (unpaired) electrons. The van der Waals surface area contributed by atoms with Crippen LogP contribution in [0.5, 0.6) is 0 Å². The van der Waals surface area contributed by atoms with Crippen molar-refractivity contribution >= 4 is 23.4 Å². The molecule has 0 saturated carbocycles. The Morgan fingerprint density at radius 3 is 2.27 bits per heavy atom. The summed E-state index contributed by atoms with van der Waals surface area (Å²) in [7, 11) is 8.74. The van der Waals surface area contributed by atoms with Gasteiger partial charge in [0.05, 0.1) is 71.7 Å². The van der Waals surface area contributed by atoms with E-state index in [0.29, 0.717) is 43.0 Å². The molecule has 0 spiro atoms. The van der Waals surface area contributed by atoms with Crippen LogP contribution in [-0.2, 0) is 46.2 Å². The number of aliphatic hydroxyl groups is 5. The van der Waals surface area contributed by atoms with E-state index in [-0.39, 0.29) is 44.4 Å². The number of esters is 1. The highest BCUT2D eigenvalue weighted by molar-refractivity contribution is 5.90. The molecule has 21 heteroatoms. The Balaban J connectivity index is 1.23. The van der Waals surface area contributed by atoms with E-state index in [9.17, 15) is 39.5 Å². The Bertz CT molecular complexity index is 2190. The number of carbonyl (C=O) groups excluding carboxylic acids is 2. The highest BCUT2D eigenvalue weighted by atomic mass is 19.1. The molecule has 1 amide bonds. The molecule has 1 aromatic heterocycles. The van der Waals surface area contributed by atoms with Crippen molar-refractivity contribution in [2.45, 2.75) is 198 Å². The standard InChI is InChI=1S/C53H88FN7O13/c1-16-42-53(10,68)45(63)33(6)59(14)25-29(2)23-51(8,67)47(31(4)43(32(5)48(65)73-42)41-24-52(9,69-15)46(64)34(7)71-41)74-49-44(62)40(21-30(3)70-49)58(13)20-19-35-26-60(56-55-35)27-37-28-61(50(66)72-37)36-17-18-39(57(11)12)38(54)22-36/h17-18,22,26,29-34,37,40-47,49,62-64,67-68H,16,19-21,23-25,27-28H2,1-15H3/t29-,30-,31+,32-,33-,34+,37+,40+,41?,42-,43+,44-,45-,46+,47-,49+,51-,52-,53-/m1/s1. The summed E-state index contributed by atoms with van der Waals surface area (Å²) in [6.45, 7) is 19.1. The number of benzene rings is 1. The van der Waals surface area contributed by atoms with Crippen LogP contribution in [0.25, 0.3) is 0 Å². The van der Waals surface area contributed by atoms with Gasteiger partial charge in [0.1, 0.15) is 41.9 Å². The maximum atomic E-state index is 14.8. The Morgan fingerprint density at radius 1 is 0.946 bits per heavy atom. The number of anilines is 2. The molecule has 19 atom stereocenters. The number of cyclic esters (lactones) is 2. The van der Waals surface area contributed by atoms with Crippen LogP contribution < -0.4 is 9.80 Å². The number of likely N-dealkylation sites (N-methyl/N-ethyl adjacent to an activating group) is 2. The van der Waals surface area contributed by atoms with E-state index in [0.717, 1.165) is 0 Å². The molecule has 5 N–H and O–H groups in total. The van der Waals surface area contributed by atoms with Crippen LogP contribution in [0.15, 0.2) is 24.4 Å². The largest absolute Gasteiger partial charge is 0.459 e. The van der Waals surface area contributed by atoms with Crippen LogP contribution in [0.2, 0.25) is 0 Å². The Labute approximate surface area is 437 Å². The zero-order valence-corrected chi connectivity index (χ0v) is 46.4. The van der Waals surface area contributed by atoms with E-state index in [4.69, 9.17) is 28.4 Å². The monoisotopic (exact) mass is 1050 g/mol. The number of aliphatic hydroxyl groups excluding tert-OH is 3. The first-order valence-electron chi connectivity index (χ1n) is 26.5. The average molecular weight is 1050 g/mol. The van der Waals surface area contributed by atoms with E-state index >= 15 is 0 Å². The van der Waals surface area contributed by atoms with Gasteiger partial charge in [0.2, 0.25) is 0 Å². The first kappa shape index (κ1) is 59.6. The molecule has 0 bridgehead atoms. The Morgan fingerprint density at radius 2 is 1.64 bits per heavy atom. The number of hydrogen-bond acceptors (Lipinski definition) is 18. The van der Waals surface area contributed by atoms with Gasteiger partial charge in [0.15, 0.2) is 6.29 Å². The average Bonchev–Trinajstić information content (AvgIpc) is 3.94. The number of nitrogens with zero attached hydrogens (tertiary/aromatic N) is 7. The summed E-state index contributed by atoms with van der Waals surface area (Å²) in [5.41, 5.74) is -3.04. The number of halogens is 1. The van der Waals surface area contributed by atoms with Crippen molar-refractivity contribution in [3.63, 3.8) is 0 Å². The summed E-state index contributed by atoms with van der Waals surface area (Å²) < 4.78 is 54.2. The second kappa shape index (κ2) is 24.0. The molecule has 0 aliphatic carbocycles. The molecule has 1 aromatic carbocycles. The summed E-state index contributed by atoms with van der Waals surface area (Å²) in [6, 6.07) is 3.58. The summed E-state index contributed by atoms with van der Waals surface area (Å²) >= 11 is 0. The van der Waals surface area contributed by atoms with E-state index in [1.54, 1.807) is 83.5 Å². The van der Waals surface area contributed by atoms with Crippen molar-refractivity contribution < 1.29 is 67.9 Å². The first-order chi connectivity index (χ1) is 34.5. The number of carbonyl (C=O) groups is 2. The molecule has 4 fully saturated rings. The lowest BCUT2D eigenvalue weighted by Gasteiger charge is -2.51. The lowest BCUT2D eigenvalue weighted by atomic mass is 9.68. The second-order valence-corrected chi connectivity index (χ2v) is 23.1. The minimum Gasteiger partial charge on any atom is -0.459 e. The summed E-state index contributed by atoms with van der Waals surface area (Å²) in [5, 5.41) is 68.8. The molecular weight excluding hydrogens is 962 g/mol. The van der Waals surface area contributed by atoms with Crippen molar-refractivity contribution in [1.82, 2.24) is 24.8 Å². The molecule has 4 aliphatic rings. The van der Waals surface area contributed by atoms with E-state index in [1.165, 1.54) is 25.0 Å². The number of amides is 1. The predicted octanol–water partition coefficient (Wildman–Crippen LogP) is 3.61. The fourth-order valence-corrected chi connectivity index (χ4v) is 12.3. The number of rotatable bonds is 13. The van der Waals surface area contributed by atoms with Gasteiger partial charge in [0, 0.05) is 71.3 Å². The Kier molecular flexibility index (Phi) is 19.3. The predicted molar refractivity (Wildman–Crippen MR) is 274 cm³/mol. The quantitative estimate of drug-likeness (QED) is 0.180. The summed E-state index contributed by atoms with van der Waals surface area (Å²) in [4.78, 5) is 34.5. The molecule has 2 aromatic rings. The first-order valence-corrected chi connectivity index (χ1v) is 26.5. The Hall–Kier alpha value is -3.61. The van der Waals surface area contributed by atoms with Gasteiger partial charge < -0.3 is 68.7 Å². The lowest BCUT2D eigenvalue weighted by Crippen LogP contribution is -2.62. The molecule has 74 heavy (non-hydrogen) atoms. The van der Waals surface area contributed by atoms with Gasteiger partial charge in [-0.2, -0.15) is 0 Å². The van der Waals surface area contributed by atoms with Crippen molar-refractivity contribution in [2.24, 2.45) is 23.7 Å². The van der Waals surface area contributed by atoms with Gasteiger partial charge in [0.25, 0.3) is 0 Å². The van der Waals surface area contributed by atoms with Gasteiger partial charge in [-0.05, 0) is 105 Å². The molecule has 20 nitrogen and oxygen atoms in total. The number of hydrogen-bond donors (Lipinski definition) is 5. The molecule has 420 valence electrons. The highest BCUT2D eigenvalue weighted by Crippen LogP contribution is 2.45. The van der Waals surface area contributed by atoms with E-state index in [2.05, 4.69) is 10.3 Å². The molecule has 4 aliphatic heterocycles. The third kappa shape index (κ3) is 13.0. The topological polar surface area (TPSA) is 234 Å². The molecule has 4 saturated heterocycles. The fourth-order valence-electron chi connectivity index (χ4n) is 12.3. The van der Waals surface area contributed by atoms with Crippen LogP contribution >= 0.6 is 0 Å². The lowest BCUT2D eigenvalue weighted by molar-refractivity contribution is -0.302. The molecule has 5 heterocycles. The molecular formula is C53H88FN7O13. The zero-order chi connectivity index (χ0) is 54.9. The van der Waals surface area contributed by atoms with E-state index < -0.39 is 120 Å². The minimum atomic E-state index is -1.83. The third-order valence-corrected chi connectivity index (χ3v) is 16.8. The van der Waals surface area contributed by atoms with Crippen LogP contribution in [0.3, 0.4) is 0 Å². The van der Waals surface area contributed by atoms with Crippen molar-refractivity contribution in [1.29, 1.82) is 0 Å². The fraction of sp³-hybridized carbons (Fsp3) is 0.811. The van der Waals surface area contributed by atoms with Crippen molar-refractivity contribution in [2.75, 3.05) is 64.7 Å². The van der Waals surface area contributed by atoms with Crippen LogP contribution in [0, 0.1) is 29.5 Å². The summed E-state index contributed by atoms with van der Waals surface area (Å²) in [6.07, 6.45) is -6.58. The third-order valence-electron chi connectivity index (χ3n) is 16.8. The minimum absolute atomic E-state index is 0.171. The molecule has 6 rings (SSSR count). The zero-order valence-electron chi connectivity index (χ0n) is 46.4. The smallest absolute Gasteiger partial charge is 0.414 e. The van der Waals surface area contributed by atoms with Crippen molar-refractivity contribution in [3.8, 4) is 0 Å².